The second-order valence-electron chi connectivity index (χ2n) is 5.52. The van der Waals surface area contributed by atoms with Crippen molar-refractivity contribution in [3.8, 4) is 0 Å². The molecular weight excluding hydrogens is 186 g/mol. The molecule has 1 rings (SSSR count). The Labute approximate surface area is 94.6 Å². The molecule has 1 fully saturated rings. The Balaban J connectivity index is 2.32. The van der Waals surface area contributed by atoms with Crippen LogP contribution in [0.25, 0.3) is 0 Å². The third kappa shape index (κ3) is 4.09. The van der Waals surface area contributed by atoms with E-state index in [1.807, 2.05) is 7.05 Å². The van der Waals surface area contributed by atoms with Crippen molar-refractivity contribution in [1.82, 2.24) is 15.5 Å². The Morgan fingerprint density at radius 2 is 1.87 bits per heavy atom. The number of hydrogen-bond acceptors (Lipinski definition) is 3. The number of likely N-dealkylation sites (tertiary alicyclic amines) is 1. The topological polar surface area (TPSA) is 27.3 Å². The van der Waals surface area contributed by atoms with Gasteiger partial charge in [-0.15, -0.1) is 0 Å². The van der Waals surface area contributed by atoms with Crippen LogP contribution in [0.15, 0.2) is 0 Å². The fraction of sp³-hybridized carbons (Fsp3) is 1.00. The first-order chi connectivity index (χ1) is 7.06. The van der Waals surface area contributed by atoms with Gasteiger partial charge >= 0.3 is 0 Å². The van der Waals surface area contributed by atoms with Crippen LogP contribution in [0.5, 0.6) is 0 Å². The highest BCUT2D eigenvalue weighted by molar-refractivity contribution is 4.84. The molecule has 90 valence electrons. The van der Waals surface area contributed by atoms with Crippen LogP contribution in [0.4, 0.5) is 0 Å². The Kier molecular flexibility index (Phi) is 5.03. The van der Waals surface area contributed by atoms with Gasteiger partial charge in [-0.3, -0.25) is 0 Å². The maximum Gasteiger partial charge on any atom is 0.0451 e. The minimum atomic E-state index is 0.429. The summed E-state index contributed by atoms with van der Waals surface area (Å²) in [6, 6.07) is 0. The zero-order valence-electron chi connectivity index (χ0n) is 10.8. The molecule has 0 atom stereocenters. The van der Waals surface area contributed by atoms with E-state index in [1.165, 1.54) is 25.9 Å². The number of hydrogen-bond donors (Lipinski definition) is 2. The third-order valence-electron chi connectivity index (χ3n) is 3.71. The highest BCUT2D eigenvalue weighted by Gasteiger charge is 2.31. The van der Waals surface area contributed by atoms with E-state index in [9.17, 15) is 0 Å². The van der Waals surface area contributed by atoms with Crippen molar-refractivity contribution in [2.75, 3.05) is 40.4 Å². The van der Waals surface area contributed by atoms with Gasteiger partial charge in [-0.2, -0.15) is 0 Å². The molecule has 0 aromatic rings. The first kappa shape index (κ1) is 12.9. The van der Waals surface area contributed by atoms with Gasteiger partial charge in [0.05, 0.1) is 0 Å². The Morgan fingerprint density at radius 3 is 2.40 bits per heavy atom. The number of nitrogens with zero attached hydrogens (tertiary/aromatic N) is 1. The van der Waals surface area contributed by atoms with E-state index in [1.54, 1.807) is 0 Å². The molecule has 0 radical (unpaired) electrons. The van der Waals surface area contributed by atoms with Gasteiger partial charge < -0.3 is 15.5 Å². The van der Waals surface area contributed by atoms with Crippen molar-refractivity contribution in [3.63, 3.8) is 0 Å². The molecule has 0 unspecified atom stereocenters. The standard InChI is InChI=1S/C12H27N3/c1-12(2,9-14-10-13-3)11-5-7-15(4)8-6-11/h11,13-14H,5-10H2,1-4H3. The summed E-state index contributed by atoms with van der Waals surface area (Å²) in [5.41, 5.74) is 0.429. The molecular formula is C12H27N3. The number of piperidine rings is 1. The first-order valence-electron chi connectivity index (χ1n) is 6.10. The molecule has 15 heavy (non-hydrogen) atoms. The van der Waals surface area contributed by atoms with Crippen molar-refractivity contribution in [2.45, 2.75) is 26.7 Å². The van der Waals surface area contributed by atoms with E-state index in [4.69, 9.17) is 0 Å². The van der Waals surface area contributed by atoms with Crippen LogP contribution < -0.4 is 10.6 Å². The lowest BCUT2D eigenvalue weighted by Gasteiger charge is -2.40. The molecule has 0 aromatic carbocycles. The maximum atomic E-state index is 3.46. The molecule has 1 heterocycles. The van der Waals surface area contributed by atoms with Crippen molar-refractivity contribution in [2.24, 2.45) is 11.3 Å². The van der Waals surface area contributed by atoms with Gasteiger partial charge in [0.25, 0.3) is 0 Å². The summed E-state index contributed by atoms with van der Waals surface area (Å²) in [6.45, 7) is 9.34. The molecule has 0 spiro atoms. The minimum Gasteiger partial charge on any atom is -0.308 e. The Morgan fingerprint density at radius 1 is 1.27 bits per heavy atom. The number of rotatable bonds is 5. The van der Waals surface area contributed by atoms with Gasteiger partial charge in [0, 0.05) is 13.2 Å². The summed E-state index contributed by atoms with van der Waals surface area (Å²) >= 11 is 0. The van der Waals surface area contributed by atoms with Crippen LogP contribution in [0.1, 0.15) is 26.7 Å². The van der Waals surface area contributed by atoms with E-state index in [-0.39, 0.29) is 0 Å². The summed E-state index contributed by atoms with van der Waals surface area (Å²) in [7, 11) is 4.21. The molecule has 2 N–H and O–H groups in total. The van der Waals surface area contributed by atoms with Crippen LogP contribution in [0.2, 0.25) is 0 Å². The molecule has 0 aliphatic carbocycles. The van der Waals surface area contributed by atoms with Crippen LogP contribution >= 0.6 is 0 Å². The van der Waals surface area contributed by atoms with Crippen molar-refractivity contribution < 1.29 is 0 Å². The van der Waals surface area contributed by atoms with Gasteiger partial charge in [0.15, 0.2) is 0 Å². The van der Waals surface area contributed by atoms with Crippen molar-refractivity contribution in [3.05, 3.63) is 0 Å². The second kappa shape index (κ2) is 5.83. The van der Waals surface area contributed by atoms with Crippen LogP contribution in [0.3, 0.4) is 0 Å². The summed E-state index contributed by atoms with van der Waals surface area (Å²) in [4.78, 5) is 2.44. The Bertz CT molecular complexity index is 172. The monoisotopic (exact) mass is 213 g/mol. The Hall–Kier alpha value is -0.120. The molecule has 3 heteroatoms. The van der Waals surface area contributed by atoms with E-state index >= 15 is 0 Å². The van der Waals surface area contributed by atoms with E-state index in [2.05, 4.69) is 36.4 Å². The van der Waals surface area contributed by atoms with E-state index in [0.717, 1.165) is 19.1 Å². The first-order valence-corrected chi connectivity index (χ1v) is 6.10. The molecule has 0 aromatic heterocycles. The van der Waals surface area contributed by atoms with Gasteiger partial charge in [0.1, 0.15) is 0 Å². The molecule has 0 amide bonds. The SMILES string of the molecule is CNCNCC(C)(C)C1CCN(C)CC1. The highest BCUT2D eigenvalue weighted by atomic mass is 15.1. The molecule has 1 saturated heterocycles. The van der Waals surface area contributed by atoms with Crippen LogP contribution in [-0.4, -0.2) is 45.3 Å². The van der Waals surface area contributed by atoms with Crippen molar-refractivity contribution in [1.29, 1.82) is 0 Å². The third-order valence-corrected chi connectivity index (χ3v) is 3.71. The zero-order valence-corrected chi connectivity index (χ0v) is 10.8. The summed E-state index contributed by atoms with van der Waals surface area (Å²) in [5, 5.41) is 6.59. The van der Waals surface area contributed by atoms with Gasteiger partial charge in [-0.1, -0.05) is 13.8 Å². The highest BCUT2D eigenvalue weighted by Crippen LogP contribution is 2.33. The zero-order chi connectivity index (χ0) is 11.3. The minimum absolute atomic E-state index is 0.429. The second-order valence-corrected chi connectivity index (χ2v) is 5.52. The fourth-order valence-corrected chi connectivity index (χ4v) is 2.44. The van der Waals surface area contributed by atoms with E-state index < -0.39 is 0 Å². The lowest BCUT2D eigenvalue weighted by molar-refractivity contribution is 0.113. The average Bonchev–Trinajstić information content (AvgIpc) is 2.18. The van der Waals surface area contributed by atoms with Crippen molar-refractivity contribution >= 4 is 0 Å². The van der Waals surface area contributed by atoms with Crippen LogP contribution in [-0.2, 0) is 0 Å². The summed E-state index contributed by atoms with van der Waals surface area (Å²) in [6.07, 6.45) is 2.70. The maximum absolute atomic E-state index is 3.46. The normalized spacial score (nSPS) is 20.8. The number of nitrogens with one attached hydrogen (secondary N) is 2. The largest absolute Gasteiger partial charge is 0.308 e. The molecule has 3 nitrogen and oxygen atoms in total. The van der Waals surface area contributed by atoms with Gasteiger partial charge in [-0.05, 0) is 51.4 Å². The predicted molar refractivity (Wildman–Crippen MR) is 65.9 cm³/mol. The smallest absolute Gasteiger partial charge is 0.0451 e. The molecule has 0 saturated carbocycles. The summed E-state index contributed by atoms with van der Waals surface area (Å²) < 4.78 is 0. The van der Waals surface area contributed by atoms with Gasteiger partial charge in [0.2, 0.25) is 0 Å². The quantitative estimate of drug-likeness (QED) is 0.529. The fourth-order valence-electron chi connectivity index (χ4n) is 2.44. The lowest BCUT2D eigenvalue weighted by Crippen LogP contribution is -2.43. The van der Waals surface area contributed by atoms with Crippen LogP contribution in [0, 0.1) is 11.3 Å². The average molecular weight is 213 g/mol. The lowest BCUT2D eigenvalue weighted by atomic mass is 9.73. The van der Waals surface area contributed by atoms with Gasteiger partial charge in [-0.25, -0.2) is 0 Å². The predicted octanol–water partition coefficient (Wildman–Crippen LogP) is 1.12. The molecule has 1 aliphatic heterocycles. The summed E-state index contributed by atoms with van der Waals surface area (Å²) in [5.74, 6) is 0.873. The molecule has 0 bridgehead atoms. The molecule has 1 aliphatic rings. The van der Waals surface area contributed by atoms with E-state index in [0.29, 0.717) is 5.41 Å².